The molecule has 0 spiro atoms. The van der Waals surface area contributed by atoms with Crippen LogP contribution < -0.4 is 5.32 Å². The van der Waals surface area contributed by atoms with E-state index in [1.165, 1.54) is 11.9 Å². The maximum Gasteiger partial charge on any atom is 0.408 e. The predicted molar refractivity (Wildman–Crippen MR) is 94.9 cm³/mol. The van der Waals surface area contributed by atoms with Crippen LogP contribution in [0.2, 0.25) is 0 Å². The summed E-state index contributed by atoms with van der Waals surface area (Å²) in [7, 11) is 1.45. The SMILES string of the molecule is CC(CC(=O)O)N(C)C(=O)CC[C@H](NC(=O)OCc1ccccc1)C(=O)O. The maximum absolute atomic E-state index is 12.1. The van der Waals surface area contributed by atoms with Gasteiger partial charge in [-0.25, -0.2) is 9.59 Å². The molecule has 1 rings (SSSR count). The number of amides is 2. The first-order valence-electron chi connectivity index (χ1n) is 8.38. The first kappa shape index (κ1) is 21.9. The van der Waals surface area contributed by atoms with Gasteiger partial charge in [0.1, 0.15) is 12.6 Å². The molecule has 1 aromatic carbocycles. The summed E-state index contributed by atoms with van der Waals surface area (Å²) in [4.78, 5) is 47.1. The molecule has 3 N–H and O–H groups in total. The largest absolute Gasteiger partial charge is 0.481 e. The number of hydrogen-bond donors (Lipinski definition) is 3. The van der Waals surface area contributed by atoms with Crippen molar-refractivity contribution in [3.63, 3.8) is 0 Å². The number of benzene rings is 1. The number of rotatable bonds is 10. The van der Waals surface area contributed by atoms with E-state index in [1.54, 1.807) is 31.2 Å². The minimum Gasteiger partial charge on any atom is -0.481 e. The zero-order chi connectivity index (χ0) is 20.4. The highest BCUT2D eigenvalue weighted by Crippen LogP contribution is 2.08. The monoisotopic (exact) mass is 380 g/mol. The fraction of sp³-hybridized carbons (Fsp3) is 0.444. The third-order valence-electron chi connectivity index (χ3n) is 3.97. The van der Waals surface area contributed by atoms with Crippen LogP contribution in [0.25, 0.3) is 0 Å². The van der Waals surface area contributed by atoms with E-state index in [2.05, 4.69) is 5.32 Å². The molecule has 148 valence electrons. The number of nitrogens with zero attached hydrogens (tertiary/aromatic N) is 1. The third kappa shape index (κ3) is 8.21. The Morgan fingerprint density at radius 2 is 1.78 bits per heavy atom. The summed E-state index contributed by atoms with van der Waals surface area (Å²) < 4.78 is 4.97. The number of nitrogens with one attached hydrogen (secondary N) is 1. The van der Waals surface area contributed by atoms with E-state index in [4.69, 9.17) is 9.84 Å². The van der Waals surface area contributed by atoms with Crippen molar-refractivity contribution in [3.05, 3.63) is 35.9 Å². The lowest BCUT2D eigenvalue weighted by molar-refractivity contribution is -0.140. The van der Waals surface area contributed by atoms with E-state index in [1.807, 2.05) is 6.07 Å². The van der Waals surface area contributed by atoms with Gasteiger partial charge >= 0.3 is 18.0 Å². The highest BCUT2D eigenvalue weighted by molar-refractivity contribution is 5.82. The standard InChI is InChI=1S/C18H24N2O7/c1-12(10-16(22)23)20(2)15(21)9-8-14(17(24)25)19-18(26)27-11-13-6-4-3-5-7-13/h3-7,12,14H,8-11H2,1-2H3,(H,19,26)(H,22,23)(H,24,25)/t12?,14-/m0/s1. The van der Waals surface area contributed by atoms with Crippen LogP contribution in [-0.2, 0) is 25.7 Å². The van der Waals surface area contributed by atoms with Crippen molar-refractivity contribution in [1.82, 2.24) is 10.2 Å². The molecule has 1 unspecified atom stereocenters. The van der Waals surface area contributed by atoms with Gasteiger partial charge < -0.3 is 25.2 Å². The van der Waals surface area contributed by atoms with Gasteiger partial charge in [0.05, 0.1) is 6.42 Å². The van der Waals surface area contributed by atoms with Gasteiger partial charge in [0.2, 0.25) is 5.91 Å². The van der Waals surface area contributed by atoms with Crippen molar-refractivity contribution >= 4 is 23.9 Å². The lowest BCUT2D eigenvalue weighted by atomic mass is 10.1. The Labute approximate surface area is 156 Å². The Morgan fingerprint density at radius 1 is 1.15 bits per heavy atom. The Balaban J connectivity index is 2.48. The van der Waals surface area contributed by atoms with Crippen LogP contribution in [0.3, 0.4) is 0 Å². The van der Waals surface area contributed by atoms with Gasteiger partial charge in [0.15, 0.2) is 0 Å². The summed E-state index contributed by atoms with van der Waals surface area (Å²) in [5.74, 6) is -2.73. The van der Waals surface area contributed by atoms with Crippen molar-refractivity contribution < 1.29 is 34.1 Å². The summed E-state index contributed by atoms with van der Waals surface area (Å²) in [5, 5.41) is 20.2. The number of carbonyl (C=O) groups excluding carboxylic acids is 2. The fourth-order valence-electron chi connectivity index (χ4n) is 2.24. The van der Waals surface area contributed by atoms with Crippen molar-refractivity contribution in [1.29, 1.82) is 0 Å². The zero-order valence-corrected chi connectivity index (χ0v) is 15.3. The molecule has 27 heavy (non-hydrogen) atoms. The van der Waals surface area contributed by atoms with Crippen LogP contribution >= 0.6 is 0 Å². The third-order valence-corrected chi connectivity index (χ3v) is 3.97. The van der Waals surface area contributed by atoms with Crippen LogP contribution in [0.1, 0.15) is 31.7 Å². The number of hydrogen-bond acceptors (Lipinski definition) is 5. The van der Waals surface area contributed by atoms with Crippen molar-refractivity contribution in [2.75, 3.05) is 7.05 Å². The average Bonchev–Trinajstić information content (AvgIpc) is 2.62. The van der Waals surface area contributed by atoms with E-state index in [-0.39, 0.29) is 25.9 Å². The van der Waals surface area contributed by atoms with Gasteiger partial charge in [-0.15, -0.1) is 0 Å². The van der Waals surface area contributed by atoms with E-state index < -0.39 is 36.0 Å². The van der Waals surface area contributed by atoms with Crippen molar-refractivity contribution in [3.8, 4) is 0 Å². The first-order valence-corrected chi connectivity index (χ1v) is 8.38. The summed E-state index contributed by atoms with van der Waals surface area (Å²) in [6.45, 7) is 1.58. The van der Waals surface area contributed by atoms with Gasteiger partial charge in [-0.05, 0) is 18.9 Å². The van der Waals surface area contributed by atoms with E-state index in [9.17, 15) is 24.3 Å². The minimum atomic E-state index is -1.29. The minimum absolute atomic E-state index is 0.00656. The van der Waals surface area contributed by atoms with Crippen LogP contribution in [0.5, 0.6) is 0 Å². The van der Waals surface area contributed by atoms with E-state index in [0.29, 0.717) is 0 Å². The highest BCUT2D eigenvalue weighted by atomic mass is 16.5. The van der Waals surface area contributed by atoms with Crippen molar-refractivity contribution in [2.24, 2.45) is 0 Å². The molecule has 0 saturated heterocycles. The molecule has 1 aromatic rings. The molecular weight excluding hydrogens is 356 g/mol. The van der Waals surface area contributed by atoms with Crippen LogP contribution in [0.15, 0.2) is 30.3 Å². The molecule has 0 saturated carbocycles. The average molecular weight is 380 g/mol. The number of aliphatic carboxylic acids is 2. The van der Waals surface area contributed by atoms with Crippen LogP contribution in [0.4, 0.5) is 4.79 Å². The van der Waals surface area contributed by atoms with Gasteiger partial charge in [0, 0.05) is 19.5 Å². The molecule has 2 atom stereocenters. The lowest BCUT2D eigenvalue weighted by Gasteiger charge is -2.24. The molecule has 0 radical (unpaired) electrons. The topological polar surface area (TPSA) is 133 Å². The molecule has 0 heterocycles. The normalized spacial score (nSPS) is 12.5. The number of alkyl carbamates (subject to hydrolysis) is 1. The summed E-state index contributed by atoms with van der Waals surface area (Å²) in [6.07, 6.45) is -1.41. The Hall–Kier alpha value is -3.10. The summed E-state index contributed by atoms with van der Waals surface area (Å²) in [6, 6.07) is 7.08. The Kier molecular flexibility index (Phi) is 8.77. The maximum atomic E-state index is 12.1. The Morgan fingerprint density at radius 3 is 2.33 bits per heavy atom. The van der Waals surface area contributed by atoms with E-state index >= 15 is 0 Å². The smallest absolute Gasteiger partial charge is 0.408 e. The molecule has 0 aliphatic carbocycles. The second-order valence-corrected chi connectivity index (χ2v) is 6.09. The zero-order valence-electron chi connectivity index (χ0n) is 15.3. The molecule has 9 nitrogen and oxygen atoms in total. The molecule has 9 heteroatoms. The van der Waals surface area contributed by atoms with Crippen LogP contribution in [-0.4, -0.2) is 58.2 Å². The molecule has 0 bridgehead atoms. The quantitative estimate of drug-likeness (QED) is 0.560. The van der Waals surface area contributed by atoms with Gasteiger partial charge in [-0.2, -0.15) is 0 Å². The van der Waals surface area contributed by atoms with Crippen LogP contribution in [0, 0.1) is 0 Å². The molecule has 0 aromatic heterocycles. The van der Waals surface area contributed by atoms with Crippen molar-refractivity contribution in [2.45, 2.75) is 44.9 Å². The fourth-order valence-corrected chi connectivity index (χ4v) is 2.24. The predicted octanol–water partition coefficient (Wildman–Crippen LogP) is 1.47. The molecule has 0 aliphatic rings. The summed E-state index contributed by atoms with van der Waals surface area (Å²) >= 11 is 0. The second-order valence-electron chi connectivity index (χ2n) is 6.09. The first-order chi connectivity index (χ1) is 12.7. The molecule has 0 fully saturated rings. The lowest BCUT2D eigenvalue weighted by Crippen LogP contribution is -2.42. The number of carboxylic acid groups (broad SMARTS) is 2. The Bertz CT molecular complexity index is 663. The number of carbonyl (C=O) groups is 4. The van der Waals surface area contributed by atoms with Gasteiger partial charge in [-0.1, -0.05) is 30.3 Å². The highest BCUT2D eigenvalue weighted by Gasteiger charge is 2.24. The summed E-state index contributed by atoms with van der Waals surface area (Å²) in [5.41, 5.74) is 0.753. The number of carboxylic acids is 2. The second kappa shape index (κ2) is 10.8. The number of ether oxygens (including phenoxy) is 1. The molecular formula is C18H24N2O7. The molecule has 2 amide bonds. The van der Waals surface area contributed by atoms with Gasteiger partial charge in [0.25, 0.3) is 0 Å². The van der Waals surface area contributed by atoms with E-state index in [0.717, 1.165) is 5.56 Å². The van der Waals surface area contributed by atoms with Gasteiger partial charge in [-0.3, -0.25) is 9.59 Å². The molecule has 0 aliphatic heterocycles.